The Morgan fingerprint density at radius 1 is 1.15 bits per heavy atom. The van der Waals surface area contributed by atoms with Gasteiger partial charge in [0.25, 0.3) is 18.2 Å². The van der Waals surface area contributed by atoms with Gasteiger partial charge in [-0.2, -0.15) is 9.97 Å². The van der Waals surface area contributed by atoms with Gasteiger partial charge in [-0.05, 0) is 12.1 Å². The summed E-state index contributed by atoms with van der Waals surface area (Å²) >= 11 is 0. The van der Waals surface area contributed by atoms with Crippen molar-refractivity contribution in [1.82, 2.24) is 24.9 Å². The minimum absolute atomic E-state index is 0.172. The van der Waals surface area contributed by atoms with E-state index in [4.69, 9.17) is 14.2 Å². The Bertz CT molecular complexity index is 1270. The van der Waals surface area contributed by atoms with Gasteiger partial charge in [0.1, 0.15) is 18.2 Å². The van der Waals surface area contributed by atoms with E-state index >= 15 is 0 Å². The Hall–Kier alpha value is -3.81. The van der Waals surface area contributed by atoms with Crippen LogP contribution >= 0.6 is 0 Å². The van der Waals surface area contributed by atoms with Crippen LogP contribution in [0.3, 0.4) is 0 Å². The zero-order valence-corrected chi connectivity index (χ0v) is 18.0. The minimum Gasteiger partial charge on any atom is -0.478 e. The van der Waals surface area contributed by atoms with Gasteiger partial charge in [-0.25, -0.2) is 22.4 Å². The predicted molar refractivity (Wildman–Crippen MR) is 113 cm³/mol. The first-order valence-electron chi connectivity index (χ1n) is 9.31. The Morgan fingerprint density at radius 3 is 2.48 bits per heavy atom. The number of fused-ring (bicyclic) bond motifs is 1. The molecule has 3 heterocycles. The van der Waals surface area contributed by atoms with E-state index in [1.54, 1.807) is 6.20 Å². The number of aromatic amines is 2. The molecule has 0 aliphatic rings. The Labute approximate surface area is 187 Å². The van der Waals surface area contributed by atoms with Crippen molar-refractivity contribution in [3.05, 3.63) is 36.5 Å². The molecule has 0 saturated carbocycles. The molecule has 4 aromatic rings. The van der Waals surface area contributed by atoms with Crippen molar-refractivity contribution in [3.63, 3.8) is 0 Å². The summed E-state index contributed by atoms with van der Waals surface area (Å²) in [6.45, 7) is -0.918. The van der Waals surface area contributed by atoms with Crippen LogP contribution in [-0.4, -0.2) is 56.4 Å². The van der Waals surface area contributed by atoms with Crippen molar-refractivity contribution < 1.29 is 31.6 Å². The quantitative estimate of drug-likeness (QED) is 0.334. The Kier molecular flexibility index (Phi) is 6.35. The molecule has 1 unspecified atom stereocenters. The number of benzene rings is 1. The lowest BCUT2D eigenvalue weighted by Gasteiger charge is -2.14. The molecule has 10 nitrogen and oxygen atoms in total. The molecule has 0 aliphatic heterocycles. The number of anilines is 1. The van der Waals surface area contributed by atoms with Crippen LogP contribution in [0.1, 0.15) is 0 Å². The number of methoxy groups -OCH3 is 2. The maximum Gasteiger partial charge on any atom is 0.272 e. The fourth-order valence-corrected chi connectivity index (χ4v) is 3.98. The van der Waals surface area contributed by atoms with Crippen LogP contribution in [0, 0.1) is 5.82 Å². The number of H-pyrrole nitrogens is 2. The van der Waals surface area contributed by atoms with Gasteiger partial charge in [-0.1, -0.05) is 0 Å². The average Bonchev–Trinajstić information content (AvgIpc) is 3.47. The number of hydrogen-bond donors (Lipinski definition) is 3. The summed E-state index contributed by atoms with van der Waals surface area (Å²) in [6, 6.07) is 2.72. The number of hydrogen-bond acceptors (Lipinski definition) is 7. The molecule has 33 heavy (non-hydrogen) atoms. The van der Waals surface area contributed by atoms with Gasteiger partial charge >= 0.3 is 0 Å². The molecule has 4 rings (SSSR count). The highest BCUT2D eigenvalue weighted by Gasteiger charge is 2.22. The van der Waals surface area contributed by atoms with Gasteiger partial charge in [0.15, 0.2) is 11.0 Å². The third kappa shape index (κ3) is 4.41. The van der Waals surface area contributed by atoms with Crippen LogP contribution in [0.4, 0.5) is 19.1 Å². The number of ether oxygens (including phenoxy) is 3. The van der Waals surface area contributed by atoms with E-state index in [0.29, 0.717) is 16.7 Å². The Morgan fingerprint density at radius 2 is 1.88 bits per heavy atom. The number of alkyl halides is 2. The minimum atomic E-state index is -2.73. The van der Waals surface area contributed by atoms with Crippen molar-refractivity contribution in [2.45, 2.75) is 11.3 Å². The largest absolute Gasteiger partial charge is 0.478 e. The van der Waals surface area contributed by atoms with E-state index in [-0.39, 0.29) is 33.9 Å². The smallest absolute Gasteiger partial charge is 0.272 e. The molecule has 0 radical (unpaired) electrons. The summed E-state index contributed by atoms with van der Waals surface area (Å²) in [5.74, 6) is -0.980. The molecule has 3 N–H and O–H groups in total. The van der Waals surface area contributed by atoms with E-state index in [9.17, 15) is 17.4 Å². The molecule has 0 aliphatic carbocycles. The number of nitrogens with zero attached hydrogens (tertiary/aromatic N) is 3. The summed E-state index contributed by atoms with van der Waals surface area (Å²) in [7, 11) is 0.595. The Balaban J connectivity index is 1.67. The van der Waals surface area contributed by atoms with Gasteiger partial charge in [-0.3, -0.25) is 4.72 Å². The first-order chi connectivity index (χ1) is 15.9. The lowest BCUT2D eigenvalue weighted by Crippen LogP contribution is -2.13. The highest BCUT2D eigenvalue weighted by atomic mass is 32.2. The van der Waals surface area contributed by atoms with Gasteiger partial charge in [0, 0.05) is 24.0 Å². The SMILES string of the molecule is COc1nc(NS(=O)c2c[nH]c3c(-c4ncc[nH]4)c(F)ccc23)nc(OC)c1OCC(F)F. The molecule has 174 valence electrons. The molecule has 0 spiro atoms. The summed E-state index contributed by atoms with van der Waals surface area (Å²) in [5, 5.41) is 0.476. The lowest BCUT2D eigenvalue weighted by atomic mass is 10.1. The van der Waals surface area contributed by atoms with Crippen LogP contribution < -0.4 is 18.9 Å². The molecule has 1 aromatic carbocycles. The van der Waals surface area contributed by atoms with Crippen LogP contribution in [0.5, 0.6) is 17.5 Å². The van der Waals surface area contributed by atoms with E-state index in [0.717, 1.165) is 0 Å². The van der Waals surface area contributed by atoms with Crippen LogP contribution in [0.15, 0.2) is 35.6 Å². The topological polar surface area (TPSA) is 127 Å². The predicted octanol–water partition coefficient (Wildman–Crippen LogP) is 3.28. The highest BCUT2D eigenvalue weighted by Crippen LogP contribution is 2.36. The molecule has 1 atom stereocenters. The third-order valence-electron chi connectivity index (χ3n) is 4.43. The van der Waals surface area contributed by atoms with Gasteiger partial charge in [0.05, 0.1) is 30.2 Å². The van der Waals surface area contributed by atoms with E-state index in [1.165, 1.54) is 38.7 Å². The second-order valence-corrected chi connectivity index (χ2v) is 7.58. The maximum atomic E-state index is 14.5. The van der Waals surface area contributed by atoms with Crippen LogP contribution in [0.25, 0.3) is 22.3 Å². The third-order valence-corrected chi connectivity index (χ3v) is 5.54. The first-order valence-corrected chi connectivity index (χ1v) is 10.5. The summed E-state index contributed by atoms with van der Waals surface area (Å²) in [4.78, 5) is 18.1. The van der Waals surface area contributed by atoms with Crippen LogP contribution in [-0.2, 0) is 11.0 Å². The molecule has 3 aromatic heterocycles. The molecule has 0 bridgehead atoms. The monoisotopic (exact) mass is 482 g/mol. The number of halogens is 3. The van der Waals surface area contributed by atoms with Crippen molar-refractivity contribution in [2.75, 3.05) is 25.5 Å². The molecule has 0 fully saturated rings. The average molecular weight is 482 g/mol. The summed E-state index contributed by atoms with van der Waals surface area (Å²) < 4.78 is 70.3. The van der Waals surface area contributed by atoms with E-state index in [2.05, 4.69) is 29.6 Å². The number of imidazole rings is 1. The normalized spacial score (nSPS) is 12.2. The second kappa shape index (κ2) is 9.36. The molecular formula is C19H17F3N6O4S. The molecule has 0 saturated heterocycles. The summed E-state index contributed by atoms with van der Waals surface area (Å²) in [6.07, 6.45) is 1.77. The molecule has 14 heteroatoms. The zero-order valence-electron chi connectivity index (χ0n) is 17.2. The van der Waals surface area contributed by atoms with Crippen molar-refractivity contribution in [1.29, 1.82) is 0 Å². The van der Waals surface area contributed by atoms with Gasteiger partial charge < -0.3 is 24.2 Å². The fraction of sp³-hybridized carbons (Fsp3) is 0.211. The van der Waals surface area contributed by atoms with Crippen LogP contribution in [0.2, 0.25) is 0 Å². The fourth-order valence-electron chi connectivity index (χ4n) is 3.08. The van der Waals surface area contributed by atoms with E-state index < -0.39 is 29.8 Å². The number of nitrogens with one attached hydrogen (secondary N) is 3. The first kappa shape index (κ1) is 22.4. The van der Waals surface area contributed by atoms with Gasteiger partial charge in [-0.15, -0.1) is 0 Å². The van der Waals surface area contributed by atoms with Crippen molar-refractivity contribution in [3.8, 4) is 28.9 Å². The second-order valence-electron chi connectivity index (χ2n) is 6.40. The van der Waals surface area contributed by atoms with Crippen molar-refractivity contribution in [2.24, 2.45) is 0 Å². The van der Waals surface area contributed by atoms with Crippen molar-refractivity contribution >= 4 is 27.8 Å². The highest BCUT2D eigenvalue weighted by molar-refractivity contribution is 7.86. The molecular weight excluding hydrogens is 465 g/mol. The standard InChI is InChI=1S/C19H17F3N6O4S/c1-30-17-15(32-8-12(21)22)18(31-2)27-19(26-17)28-33(29)11-7-25-14-9(11)3-4-10(20)13(14)16-23-5-6-24-16/h3-7,12,25H,8H2,1-2H3,(H,23,24)(H,26,27,28). The zero-order chi connectivity index (χ0) is 23.5. The molecule has 0 amide bonds. The van der Waals surface area contributed by atoms with E-state index in [1.807, 2.05) is 0 Å². The lowest BCUT2D eigenvalue weighted by molar-refractivity contribution is 0.0781. The maximum absolute atomic E-state index is 14.5. The summed E-state index contributed by atoms with van der Waals surface area (Å²) in [5.41, 5.74) is 0.586. The number of rotatable bonds is 9. The number of aromatic nitrogens is 5. The van der Waals surface area contributed by atoms with Gasteiger partial charge in [0.2, 0.25) is 11.7 Å².